The highest BCUT2D eigenvalue weighted by atomic mass is 19.1. The first-order valence-electron chi connectivity index (χ1n) is 8.19. The number of benzene rings is 1. The molecule has 6 heteroatoms. The molecule has 5 nitrogen and oxygen atoms in total. The summed E-state index contributed by atoms with van der Waals surface area (Å²) < 4.78 is 20.4. The lowest BCUT2D eigenvalue weighted by Gasteiger charge is -2.25. The van der Waals surface area contributed by atoms with E-state index in [1.54, 1.807) is 12.1 Å². The van der Waals surface area contributed by atoms with Gasteiger partial charge in [0.25, 0.3) is 0 Å². The van der Waals surface area contributed by atoms with Gasteiger partial charge < -0.3 is 19.5 Å². The van der Waals surface area contributed by atoms with Crippen LogP contribution in [0.5, 0.6) is 5.75 Å². The Hall–Kier alpha value is -2.50. The van der Waals surface area contributed by atoms with Crippen molar-refractivity contribution in [2.24, 2.45) is 7.05 Å². The van der Waals surface area contributed by atoms with Gasteiger partial charge in [0, 0.05) is 25.5 Å². The summed E-state index contributed by atoms with van der Waals surface area (Å²) in [5, 5.41) is 2.90. The second-order valence-corrected chi connectivity index (χ2v) is 5.93. The molecule has 2 heterocycles. The van der Waals surface area contributed by atoms with Crippen LogP contribution in [0.2, 0.25) is 0 Å². The molecule has 0 spiro atoms. The molecular weight excluding hydrogens is 309 g/mol. The largest absolute Gasteiger partial charge is 0.492 e. The Balaban J connectivity index is 1.48. The van der Waals surface area contributed by atoms with Crippen LogP contribution in [0, 0.1) is 5.82 Å². The third-order valence-corrected chi connectivity index (χ3v) is 4.30. The van der Waals surface area contributed by atoms with Gasteiger partial charge in [-0.1, -0.05) is 0 Å². The Labute approximate surface area is 141 Å². The van der Waals surface area contributed by atoms with Crippen molar-refractivity contribution in [1.82, 2.24) is 14.8 Å². The monoisotopic (exact) mass is 331 g/mol. The number of urea groups is 1. The smallest absolute Gasteiger partial charge is 0.318 e. The van der Waals surface area contributed by atoms with E-state index in [1.807, 2.05) is 24.2 Å². The zero-order chi connectivity index (χ0) is 16.9. The van der Waals surface area contributed by atoms with Crippen LogP contribution in [-0.2, 0) is 7.05 Å². The normalized spacial score (nSPS) is 17.1. The number of nitrogens with zero attached hydrogens (tertiary/aromatic N) is 2. The summed E-state index contributed by atoms with van der Waals surface area (Å²) in [5.74, 6) is 0.296. The molecule has 0 saturated carbocycles. The summed E-state index contributed by atoms with van der Waals surface area (Å²) in [6.45, 7) is 1.52. The second-order valence-electron chi connectivity index (χ2n) is 5.93. The highest BCUT2D eigenvalue weighted by Crippen LogP contribution is 2.31. The summed E-state index contributed by atoms with van der Waals surface area (Å²) in [6.07, 6.45) is 3.99. The first-order valence-corrected chi connectivity index (χ1v) is 8.19. The van der Waals surface area contributed by atoms with Crippen LogP contribution >= 0.6 is 0 Å². The van der Waals surface area contributed by atoms with Gasteiger partial charge in [-0.25, -0.2) is 9.18 Å². The lowest BCUT2D eigenvalue weighted by Crippen LogP contribution is -2.41. The number of hydrogen-bond acceptors (Lipinski definition) is 2. The molecule has 0 bridgehead atoms. The minimum atomic E-state index is -0.295. The maximum atomic E-state index is 12.8. The lowest BCUT2D eigenvalue weighted by molar-refractivity contribution is 0.188. The van der Waals surface area contributed by atoms with Crippen LogP contribution in [0.15, 0.2) is 42.6 Å². The van der Waals surface area contributed by atoms with Gasteiger partial charge in [0.2, 0.25) is 0 Å². The number of halogens is 1. The molecule has 0 unspecified atom stereocenters. The summed E-state index contributed by atoms with van der Waals surface area (Å²) >= 11 is 0. The zero-order valence-electron chi connectivity index (χ0n) is 13.7. The first-order chi connectivity index (χ1) is 11.6. The number of nitrogens with one attached hydrogen (secondary N) is 1. The van der Waals surface area contributed by atoms with Gasteiger partial charge in [0.15, 0.2) is 0 Å². The van der Waals surface area contributed by atoms with Gasteiger partial charge in [-0.05, 0) is 49.2 Å². The third kappa shape index (κ3) is 3.69. The molecular formula is C18H22FN3O2. The maximum absolute atomic E-state index is 12.8. The van der Waals surface area contributed by atoms with Crippen molar-refractivity contribution in [2.45, 2.75) is 18.9 Å². The van der Waals surface area contributed by atoms with Gasteiger partial charge >= 0.3 is 6.03 Å². The standard InChI is InChI=1S/C18H22FN3O2/c1-21-11-2-4-16(21)17-5-3-12-22(17)18(23)20-10-13-24-15-8-6-14(19)7-9-15/h2,4,6-9,11,17H,3,5,10,12-13H2,1H3,(H,20,23)/t17-/m0/s1. The van der Waals surface area contributed by atoms with Crippen molar-refractivity contribution in [3.63, 3.8) is 0 Å². The summed E-state index contributed by atoms with van der Waals surface area (Å²) in [7, 11) is 2.00. The molecule has 1 aliphatic heterocycles. The lowest BCUT2D eigenvalue weighted by atomic mass is 10.1. The molecule has 0 aliphatic carbocycles. The summed E-state index contributed by atoms with van der Waals surface area (Å²) in [4.78, 5) is 14.3. The SMILES string of the molecule is Cn1cccc1[C@@H]1CCCN1C(=O)NCCOc1ccc(F)cc1. The first kappa shape index (κ1) is 16.4. The number of carbonyl (C=O) groups excluding carboxylic acids is 1. The van der Waals surface area contributed by atoms with Crippen LogP contribution in [-0.4, -0.2) is 35.2 Å². The molecule has 3 rings (SSSR count). The van der Waals surface area contributed by atoms with E-state index in [-0.39, 0.29) is 17.9 Å². The molecule has 0 radical (unpaired) electrons. The number of aromatic nitrogens is 1. The fourth-order valence-corrected chi connectivity index (χ4v) is 3.10. The Morgan fingerprint density at radius 3 is 2.83 bits per heavy atom. The number of aryl methyl sites for hydroxylation is 1. The van der Waals surface area contributed by atoms with Crippen molar-refractivity contribution in [1.29, 1.82) is 0 Å². The number of hydrogen-bond donors (Lipinski definition) is 1. The third-order valence-electron chi connectivity index (χ3n) is 4.30. The molecule has 1 saturated heterocycles. The van der Waals surface area contributed by atoms with Crippen LogP contribution < -0.4 is 10.1 Å². The van der Waals surface area contributed by atoms with Crippen molar-refractivity contribution in [3.05, 3.63) is 54.1 Å². The van der Waals surface area contributed by atoms with Crippen LogP contribution in [0.1, 0.15) is 24.6 Å². The predicted octanol–water partition coefficient (Wildman–Crippen LogP) is 3.09. The Morgan fingerprint density at radius 1 is 1.33 bits per heavy atom. The van der Waals surface area contributed by atoms with Crippen LogP contribution in [0.3, 0.4) is 0 Å². The molecule has 1 aromatic carbocycles. The molecule has 1 atom stereocenters. The number of carbonyl (C=O) groups is 1. The van der Waals surface area contributed by atoms with E-state index in [9.17, 15) is 9.18 Å². The number of likely N-dealkylation sites (tertiary alicyclic amines) is 1. The molecule has 1 aromatic heterocycles. The van der Waals surface area contributed by atoms with E-state index in [1.165, 1.54) is 12.1 Å². The quantitative estimate of drug-likeness (QED) is 0.856. The predicted molar refractivity (Wildman–Crippen MR) is 89.4 cm³/mol. The van der Waals surface area contributed by atoms with E-state index in [4.69, 9.17) is 4.74 Å². The molecule has 24 heavy (non-hydrogen) atoms. The van der Waals surface area contributed by atoms with Gasteiger partial charge in [0.1, 0.15) is 18.2 Å². The zero-order valence-corrected chi connectivity index (χ0v) is 13.7. The minimum Gasteiger partial charge on any atom is -0.492 e. The topological polar surface area (TPSA) is 46.5 Å². The van der Waals surface area contributed by atoms with Gasteiger partial charge in [-0.3, -0.25) is 0 Å². The van der Waals surface area contributed by atoms with Crippen molar-refractivity contribution >= 4 is 6.03 Å². The number of ether oxygens (including phenoxy) is 1. The van der Waals surface area contributed by atoms with Gasteiger partial charge in [-0.15, -0.1) is 0 Å². The summed E-state index contributed by atoms with van der Waals surface area (Å²) in [5.41, 5.74) is 1.16. The molecule has 1 N–H and O–H groups in total. The Bertz CT molecular complexity index is 684. The fourth-order valence-electron chi connectivity index (χ4n) is 3.10. The summed E-state index contributed by atoms with van der Waals surface area (Å²) in [6, 6.07) is 9.97. The molecule has 1 aliphatic rings. The number of amides is 2. The van der Waals surface area contributed by atoms with Gasteiger partial charge in [-0.2, -0.15) is 0 Å². The molecule has 1 fully saturated rings. The van der Waals surface area contributed by atoms with Crippen molar-refractivity contribution < 1.29 is 13.9 Å². The fraction of sp³-hybridized carbons (Fsp3) is 0.389. The van der Waals surface area contributed by atoms with E-state index in [0.29, 0.717) is 18.9 Å². The molecule has 128 valence electrons. The number of rotatable bonds is 5. The van der Waals surface area contributed by atoms with Crippen LogP contribution in [0.4, 0.5) is 9.18 Å². The van der Waals surface area contributed by atoms with Gasteiger partial charge in [0.05, 0.1) is 12.6 Å². The van der Waals surface area contributed by atoms with E-state index >= 15 is 0 Å². The average Bonchev–Trinajstić information content (AvgIpc) is 3.21. The highest BCUT2D eigenvalue weighted by molar-refractivity contribution is 5.75. The van der Waals surface area contributed by atoms with E-state index in [2.05, 4.69) is 16.0 Å². The van der Waals surface area contributed by atoms with E-state index < -0.39 is 0 Å². The Kier molecular flexibility index (Phi) is 5.03. The van der Waals surface area contributed by atoms with Crippen molar-refractivity contribution in [3.8, 4) is 5.75 Å². The second kappa shape index (κ2) is 7.38. The van der Waals surface area contributed by atoms with Crippen molar-refractivity contribution in [2.75, 3.05) is 19.7 Å². The average molecular weight is 331 g/mol. The minimum absolute atomic E-state index is 0.0681. The maximum Gasteiger partial charge on any atom is 0.318 e. The molecule has 2 aromatic rings. The van der Waals surface area contributed by atoms with E-state index in [0.717, 1.165) is 25.1 Å². The van der Waals surface area contributed by atoms with Crippen LogP contribution in [0.25, 0.3) is 0 Å². The molecule has 2 amide bonds. The Morgan fingerprint density at radius 2 is 2.12 bits per heavy atom. The highest BCUT2D eigenvalue weighted by Gasteiger charge is 2.31.